The minimum Gasteiger partial charge on any atom is -0.349 e. The lowest BCUT2D eigenvalue weighted by Gasteiger charge is -2.05. The minimum absolute atomic E-state index is 0.799. The molecule has 1 rings (SSSR count). The molecule has 0 aliphatic heterocycles. The topological polar surface area (TPSA) is 40.7 Å². The number of aromatic amines is 1. The van der Waals surface area contributed by atoms with E-state index in [9.17, 15) is 0 Å². The normalized spacial score (nSPS) is 11.1. The monoisotopic (exact) mass is 195 g/mol. The largest absolute Gasteiger partial charge is 0.349 e. The van der Waals surface area contributed by atoms with Gasteiger partial charge in [0.1, 0.15) is 5.82 Å². The smallest absolute Gasteiger partial charge is 0.106 e. The Morgan fingerprint density at radius 3 is 2.93 bits per heavy atom. The Hall–Kier alpha value is -0.830. The average Bonchev–Trinajstić information content (AvgIpc) is 2.63. The Bertz CT molecular complexity index is 216. The minimum atomic E-state index is 0.799. The third-order valence-corrected chi connectivity index (χ3v) is 2.22. The average molecular weight is 195 g/mol. The van der Waals surface area contributed by atoms with Gasteiger partial charge in [0.05, 0.1) is 0 Å². The van der Waals surface area contributed by atoms with E-state index >= 15 is 0 Å². The van der Waals surface area contributed by atoms with Gasteiger partial charge in [-0.05, 0) is 31.8 Å². The first-order chi connectivity index (χ1) is 6.79. The van der Waals surface area contributed by atoms with Gasteiger partial charge in [-0.1, -0.05) is 13.8 Å². The molecule has 0 radical (unpaired) electrons. The Balaban J connectivity index is 1.90. The van der Waals surface area contributed by atoms with Crippen molar-refractivity contribution in [2.75, 3.05) is 13.1 Å². The van der Waals surface area contributed by atoms with E-state index in [1.165, 1.54) is 6.42 Å². The zero-order chi connectivity index (χ0) is 10.2. The molecule has 0 saturated heterocycles. The summed E-state index contributed by atoms with van der Waals surface area (Å²) in [7, 11) is 0. The summed E-state index contributed by atoms with van der Waals surface area (Å²) < 4.78 is 0. The molecule has 0 aliphatic rings. The second-order valence-corrected chi connectivity index (χ2v) is 4.07. The highest BCUT2D eigenvalue weighted by atomic mass is 14.9. The summed E-state index contributed by atoms with van der Waals surface area (Å²) >= 11 is 0. The van der Waals surface area contributed by atoms with Gasteiger partial charge in [-0.2, -0.15) is 0 Å². The molecule has 0 amide bonds. The molecule has 1 aromatic rings. The van der Waals surface area contributed by atoms with Gasteiger partial charge in [0.15, 0.2) is 0 Å². The van der Waals surface area contributed by atoms with Crippen LogP contribution in [0.25, 0.3) is 0 Å². The molecule has 1 aromatic heterocycles. The lowest BCUT2D eigenvalue weighted by atomic mass is 10.1. The van der Waals surface area contributed by atoms with Gasteiger partial charge in [-0.15, -0.1) is 0 Å². The summed E-state index contributed by atoms with van der Waals surface area (Å²) in [6.07, 6.45) is 7.15. The molecule has 14 heavy (non-hydrogen) atoms. The van der Waals surface area contributed by atoms with E-state index < -0.39 is 0 Å². The van der Waals surface area contributed by atoms with Crippen LogP contribution in [0.15, 0.2) is 12.4 Å². The first-order valence-electron chi connectivity index (χ1n) is 5.48. The lowest BCUT2D eigenvalue weighted by molar-refractivity contribution is 0.531. The number of imidazole rings is 1. The molecule has 80 valence electrons. The van der Waals surface area contributed by atoms with Crippen molar-refractivity contribution in [1.29, 1.82) is 0 Å². The van der Waals surface area contributed by atoms with Crippen molar-refractivity contribution >= 4 is 0 Å². The molecule has 1 heterocycles. The van der Waals surface area contributed by atoms with Gasteiger partial charge < -0.3 is 10.3 Å². The number of nitrogens with zero attached hydrogens (tertiary/aromatic N) is 1. The third kappa shape index (κ3) is 5.02. The maximum absolute atomic E-state index is 4.18. The van der Waals surface area contributed by atoms with Crippen molar-refractivity contribution in [3.8, 4) is 0 Å². The van der Waals surface area contributed by atoms with E-state index in [-0.39, 0.29) is 0 Å². The number of H-pyrrole nitrogens is 1. The van der Waals surface area contributed by atoms with Crippen LogP contribution < -0.4 is 5.32 Å². The highest BCUT2D eigenvalue weighted by Crippen LogP contribution is 1.97. The van der Waals surface area contributed by atoms with Gasteiger partial charge in [-0.3, -0.25) is 0 Å². The fourth-order valence-corrected chi connectivity index (χ4v) is 1.33. The first kappa shape index (κ1) is 11.2. The summed E-state index contributed by atoms with van der Waals surface area (Å²) in [6.45, 7) is 6.73. The van der Waals surface area contributed by atoms with Crippen LogP contribution in [0, 0.1) is 5.92 Å². The van der Waals surface area contributed by atoms with Crippen molar-refractivity contribution in [1.82, 2.24) is 15.3 Å². The molecule has 0 bridgehead atoms. The number of rotatable bonds is 7. The van der Waals surface area contributed by atoms with E-state index in [0.29, 0.717) is 0 Å². The summed E-state index contributed by atoms with van der Waals surface area (Å²) in [5, 5.41) is 3.44. The molecule has 0 aliphatic carbocycles. The van der Waals surface area contributed by atoms with Crippen LogP contribution in [0.3, 0.4) is 0 Å². The highest BCUT2D eigenvalue weighted by Gasteiger charge is 1.95. The van der Waals surface area contributed by atoms with Gasteiger partial charge in [0, 0.05) is 18.8 Å². The maximum Gasteiger partial charge on any atom is 0.106 e. The molecule has 3 heteroatoms. The van der Waals surface area contributed by atoms with E-state index in [0.717, 1.165) is 37.7 Å². The second kappa shape index (κ2) is 6.60. The molecule has 3 nitrogen and oxygen atoms in total. The standard InChI is InChI=1S/C11H21N3/c1-10(2)5-7-12-6-3-4-11-13-8-9-14-11/h8-10,12H,3-7H2,1-2H3,(H,13,14). The summed E-state index contributed by atoms with van der Waals surface area (Å²) in [5.74, 6) is 1.89. The van der Waals surface area contributed by atoms with Crippen LogP contribution in [0.1, 0.15) is 32.5 Å². The van der Waals surface area contributed by atoms with Crippen molar-refractivity contribution < 1.29 is 0 Å². The molecular weight excluding hydrogens is 174 g/mol. The fraction of sp³-hybridized carbons (Fsp3) is 0.727. The van der Waals surface area contributed by atoms with Gasteiger partial charge in [0.25, 0.3) is 0 Å². The number of hydrogen-bond acceptors (Lipinski definition) is 2. The van der Waals surface area contributed by atoms with E-state index in [4.69, 9.17) is 0 Å². The van der Waals surface area contributed by atoms with E-state index in [1.807, 2.05) is 12.4 Å². The van der Waals surface area contributed by atoms with Crippen molar-refractivity contribution in [2.24, 2.45) is 5.92 Å². The summed E-state index contributed by atoms with van der Waals surface area (Å²) in [6, 6.07) is 0. The zero-order valence-electron chi connectivity index (χ0n) is 9.21. The zero-order valence-corrected chi connectivity index (χ0v) is 9.21. The molecule has 0 aromatic carbocycles. The molecule has 0 unspecified atom stereocenters. The number of hydrogen-bond donors (Lipinski definition) is 2. The van der Waals surface area contributed by atoms with E-state index in [2.05, 4.69) is 29.1 Å². The molecule has 0 saturated carbocycles. The van der Waals surface area contributed by atoms with Crippen LogP contribution in [0.4, 0.5) is 0 Å². The second-order valence-electron chi connectivity index (χ2n) is 4.07. The predicted octanol–water partition coefficient (Wildman–Crippen LogP) is 1.98. The lowest BCUT2D eigenvalue weighted by Crippen LogP contribution is -2.18. The Morgan fingerprint density at radius 2 is 2.29 bits per heavy atom. The van der Waals surface area contributed by atoms with Crippen molar-refractivity contribution in [3.05, 3.63) is 18.2 Å². The predicted molar refractivity (Wildman–Crippen MR) is 59.2 cm³/mol. The SMILES string of the molecule is CC(C)CCNCCCc1ncc[nH]1. The molecule has 0 spiro atoms. The Labute approximate surface area is 86.3 Å². The van der Waals surface area contributed by atoms with Gasteiger partial charge >= 0.3 is 0 Å². The van der Waals surface area contributed by atoms with Crippen molar-refractivity contribution in [3.63, 3.8) is 0 Å². The molecule has 0 atom stereocenters. The van der Waals surface area contributed by atoms with E-state index in [1.54, 1.807) is 0 Å². The number of nitrogens with one attached hydrogen (secondary N) is 2. The van der Waals surface area contributed by atoms with Crippen molar-refractivity contribution in [2.45, 2.75) is 33.1 Å². The summed E-state index contributed by atoms with van der Waals surface area (Å²) in [5.41, 5.74) is 0. The van der Waals surface area contributed by atoms with Crippen LogP contribution in [-0.4, -0.2) is 23.1 Å². The summed E-state index contributed by atoms with van der Waals surface area (Å²) in [4.78, 5) is 7.29. The molecular formula is C11H21N3. The Morgan fingerprint density at radius 1 is 1.43 bits per heavy atom. The van der Waals surface area contributed by atoms with Crippen LogP contribution in [0.5, 0.6) is 0 Å². The third-order valence-electron chi connectivity index (χ3n) is 2.22. The van der Waals surface area contributed by atoms with Gasteiger partial charge in [0.2, 0.25) is 0 Å². The Kier molecular flexibility index (Phi) is 5.30. The quantitative estimate of drug-likeness (QED) is 0.653. The first-order valence-corrected chi connectivity index (χ1v) is 5.48. The number of aromatic nitrogens is 2. The highest BCUT2D eigenvalue weighted by molar-refractivity contribution is 4.86. The van der Waals surface area contributed by atoms with Crippen LogP contribution in [-0.2, 0) is 6.42 Å². The van der Waals surface area contributed by atoms with Crippen LogP contribution in [0.2, 0.25) is 0 Å². The molecule has 2 N–H and O–H groups in total. The number of aryl methyl sites for hydroxylation is 1. The maximum atomic E-state index is 4.18. The fourth-order valence-electron chi connectivity index (χ4n) is 1.33. The van der Waals surface area contributed by atoms with Crippen LogP contribution >= 0.6 is 0 Å². The molecule has 0 fully saturated rings. The van der Waals surface area contributed by atoms with Gasteiger partial charge in [-0.25, -0.2) is 4.98 Å².